The standard InChI is InChI=1S/C18H21N7O.2ClH/c1-12-3-4-13(19)9-14(12)18(26)25-7-5-24(6-8-25)17-15-10-22-23(2)16(15)20-11-21-17;;/h3-4,9-11H,5-8,19H2,1-2H3;2*1H. The van der Waals surface area contributed by atoms with Crippen molar-refractivity contribution >= 4 is 53.3 Å². The average Bonchev–Trinajstić information content (AvgIpc) is 3.04. The summed E-state index contributed by atoms with van der Waals surface area (Å²) in [6.45, 7) is 4.64. The number of carbonyl (C=O) groups is 1. The van der Waals surface area contributed by atoms with Crippen LogP contribution in [0.2, 0.25) is 0 Å². The Morgan fingerprint density at radius 1 is 1.11 bits per heavy atom. The summed E-state index contributed by atoms with van der Waals surface area (Å²) in [6.07, 6.45) is 3.35. The zero-order valence-electron chi connectivity index (χ0n) is 15.7. The van der Waals surface area contributed by atoms with E-state index in [-0.39, 0.29) is 30.7 Å². The predicted molar refractivity (Wildman–Crippen MR) is 115 cm³/mol. The van der Waals surface area contributed by atoms with Crippen LogP contribution in [0.5, 0.6) is 0 Å². The van der Waals surface area contributed by atoms with Gasteiger partial charge in [0.05, 0.1) is 11.6 Å². The van der Waals surface area contributed by atoms with Crippen LogP contribution < -0.4 is 10.6 Å². The zero-order valence-corrected chi connectivity index (χ0v) is 17.3. The predicted octanol–water partition coefficient (Wildman–Crippen LogP) is 2.06. The van der Waals surface area contributed by atoms with Gasteiger partial charge in [-0.15, -0.1) is 24.8 Å². The molecule has 4 rings (SSSR count). The number of fused-ring (bicyclic) bond motifs is 1. The minimum atomic E-state index is 0. The van der Waals surface area contributed by atoms with Crippen LogP contribution in [0.1, 0.15) is 15.9 Å². The number of hydrogen-bond acceptors (Lipinski definition) is 6. The molecule has 0 saturated carbocycles. The van der Waals surface area contributed by atoms with Crippen molar-refractivity contribution in [3.8, 4) is 0 Å². The van der Waals surface area contributed by atoms with Crippen molar-refractivity contribution < 1.29 is 4.79 Å². The number of hydrogen-bond donors (Lipinski definition) is 1. The van der Waals surface area contributed by atoms with Crippen molar-refractivity contribution in [2.75, 3.05) is 36.8 Å². The second-order valence-corrected chi connectivity index (χ2v) is 6.56. The van der Waals surface area contributed by atoms with E-state index in [0.717, 1.165) is 22.4 Å². The molecule has 2 N–H and O–H groups in total. The molecule has 0 atom stereocenters. The first-order valence-electron chi connectivity index (χ1n) is 8.57. The molecule has 3 aromatic rings. The SMILES string of the molecule is Cc1ccc(N)cc1C(=O)N1CCN(c2ncnc3c2cnn3C)CC1.Cl.Cl. The van der Waals surface area contributed by atoms with Gasteiger partial charge in [0.2, 0.25) is 0 Å². The molecular formula is C18H23Cl2N7O. The van der Waals surface area contributed by atoms with E-state index in [9.17, 15) is 4.79 Å². The highest BCUT2D eigenvalue weighted by atomic mass is 35.5. The number of nitrogen functional groups attached to an aromatic ring is 1. The van der Waals surface area contributed by atoms with E-state index >= 15 is 0 Å². The lowest BCUT2D eigenvalue weighted by Crippen LogP contribution is -2.49. The molecule has 10 heteroatoms. The van der Waals surface area contributed by atoms with Crippen molar-refractivity contribution in [1.82, 2.24) is 24.6 Å². The van der Waals surface area contributed by atoms with Gasteiger partial charge in [-0.1, -0.05) is 6.07 Å². The van der Waals surface area contributed by atoms with Crippen molar-refractivity contribution in [3.63, 3.8) is 0 Å². The lowest BCUT2D eigenvalue weighted by Gasteiger charge is -2.35. The summed E-state index contributed by atoms with van der Waals surface area (Å²) in [4.78, 5) is 25.6. The zero-order chi connectivity index (χ0) is 18.3. The van der Waals surface area contributed by atoms with Gasteiger partial charge in [-0.3, -0.25) is 9.48 Å². The Hall–Kier alpha value is -2.58. The molecule has 0 spiro atoms. The second kappa shape index (κ2) is 8.62. The lowest BCUT2D eigenvalue weighted by molar-refractivity contribution is 0.0746. The first kappa shape index (κ1) is 21.7. The number of carbonyl (C=O) groups excluding carboxylic acids is 1. The maximum Gasteiger partial charge on any atom is 0.254 e. The second-order valence-electron chi connectivity index (χ2n) is 6.56. The van der Waals surface area contributed by atoms with Crippen LogP contribution in [0, 0.1) is 6.92 Å². The third kappa shape index (κ3) is 3.83. The van der Waals surface area contributed by atoms with Crippen molar-refractivity contribution in [2.24, 2.45) is 7.05 Å². The Bertz CT molecular complexity index is 983. The highest BCUT2D eigenvalue weighted by Crippen LogP contribution is 2.24. The Kier molecular flexibility index (Phi) is 6.69. The van der Waals surface area contributed by atoms with Gasteiger partial charge in [-0.25, -0.2) is 9.97 Å². The molecule has 3 heterocycles. The van der Waals surface area contributed by atoms with E-state index in [0.29, 0.717) is 37.4 Å². The molecule has 2 aromatic heterocycles. The number of halogens is 2. The monoisotopic (exact) mass is 423 g/mol. The highest BCUT2D eigenvalue weighted by Gasteiger charge is 2.25. The number of nitrogens with two attached hydrogens (primary N) is 1. The third-order valence-corrected chi connectivity index (χ3v) is 4.87. The molecule has 0 unspecified atom stereocenters. The number of piperazine rings is 1. The maximum atomic E-state index is 12.8. The number of aromatic nitrogens is 4. The Morgan fingerprint density at radius 3 is 2.54 bits per heavy atom. The summed E-state index contributed by atoms with van der Waals surface area (Å²) in [5.41, 5.74) is 8.88. The highest BCUT2D eigenvalue weighted by molar-refractivity contribution is 5.96. The molecule has 1 aliphatic heterocycles. The fourth-order valence-corrected chi connectivity index (χ4v) is 3.36. The quantitative estimate of drug-likeness (QED) is 0.633. The van der Waals surface area contributed by atoms with Crippen molar-refractivity contribution in [3.05, 3.63) is 41.9 Å². The smallest absolute Gasteiger partial charge is 0.254 e. The average molecular weight is 424 g/mol. The van der Waals surface area contributed by atoms with Crippen LogP contribution in [0.15, 0.2) is 30.7 Å². The Labute approximate surface area is 175 Å². The van der Waals surface area contributed by atoms with Crippen molar-refractivity contribution in [2.45, 2.75) is 6.92 Å². The van der Waals surface area contributed by atoms with E-state index in [1.54, 1.807) is 23.3 Å². The molecule has 1 amide bonds. The van der Waals surface area contributed by atoms with Crippen LogP contribution in [-0.4, -0.2) is 56.7 Å². The maximum absolute atomic E-state index is 12.8. The molecule has 1 aromatic carbocycles. The van der Waals surface area contributed by atoms with E-state index < -0.39 is 0 Å². The van der Waals surface area contributed by atoms with E-state index in [4.69, 9.17) is 5.73 Å². The topological polar surface area (TPSA) is 93.2 Å². The number of aryl methyl sites for hydroxylation is 2. The Morgan fingerprint density at radius 2 is 1.82 bits per heavy atom. The third-order valence-electron chi connectivity index (χ3n) is 4.87. The summed E-state index contributed by atoms with van der Waals surface area (Å²) in [6, 6.07) is 5.46. The molecule has 28 heavy (non-hydrogen) atoms. The van der Waals surface area contributed by atoms with Gasteiger partial charge in [0.15, 0.2) is 5.65 Å². The molecular weight excluding hydrogens is 401 g/mol. The molecule has 1 fully saturated rings. The fourth-order valence-electron chi connectivity index (χ4n) is 3.36. The molecule has 1 saturated heterocycles. The van der Waals surface area contributed by atoms with Gasteiger partial charge in [0, 0.05) is 44.5 Å². The molecule has 150 valence electrons. The number of rotatable bonds is 2. The largest absolute Gasteiger partial charge is 0.399 e. The van der Waals surface area contributed by atoms with Gasteiger partial charge >= 0.3 is 0 Å². The summed E-state index contributed by atoms with van der Waals surface area (Å²) < 4.78 is 1.74. The molecule has 1 aliphatic rings. The van der Waals surface area contributed by atoms with E-state index in [1.807, 2.05) is 31.0 Å². The first-order chi connectivity index (χ1) is 12.5. The normalized spacial score (nSPS) is 13.8. The first-order valence-corrected chi connectivity index (χ1v) is 8.57. The van der Waals surface area contributed by atoms with Gasteiger partial charge < -0.3 is 15.5 Å². The molecule has 0 bridgehead atoms. The molecule has 8 nitrogen and oxygen atoms in total. The molecule has 0 aliphatic carbocycles. The van der Waals surface area contributed by atoms with Crippen LogP contribution in [-0.2, 0) is 7.05 Å². The number of anilines is 2. The molecule has 0 radical (unpaired) electrons. The van der Waals surface area contributed by atoms with E-state index in [2.05, 4.69) is 20.0 Å². The Balaban J connectivity index is 0.00000140. The summed E-state index contributed by atoms with van der Waals surface area (Å²) in [7, 11) is 1.86. The number of nitrogens with zero attached hydrogens (tertiary/aromatic N) is 6. The van der Waals surface area contributed by atoms with Gasteiger partial charge in [0.1, 0.15) is 12.1 Å². The van der Waals surface area contributed by atoms with Crippen LogP contribution in [0.3, 0.4) is 0 Å². The van der Waals surface area contributed by atoms with Gasteiger partial charge in [0.25, 0.3) is 5.91 Å². The number of amides is 1. The summed E-state index contributed by atoms with van der Waals surface area (Å²) in [5, 5.41) is 5.20. The van der Waals surface area contributed by atoms with Gasteiger partial charge in [-0.05, 0) is 24.6 Å². The summed E-state index contributed by atoms with van der Waals surface area (Å²) in [5.74, 6) is 0.902. The van der Waals surface area contributed by atoms with Gasteiger partial charge in [-0.2, -0.15) is 5.10 Å². The van der Waals surface area contributed by atoms with Crippen LogP contribution in [0.25, 0.3) is 11.0 Å². The number of benzene rings is 1. The van der Waals surface area contributed by atoms with E-state index in [1.165, 1.54) is 0 Å². The van der Waals surface area contributed by atoms with Crippen LogP contribution >= 0.6 is 24.8 Å². The fraction of sp³-hybridized carbons (Fsp3) is 0.333. The summed E-state index contributed by atoms with van der Waals surface area (Å²) >= 11 is 0. The lowest BCUT2D eigenvalue weighted by atomic mass is 10.1. The van der Waals surface area contributed by atoms with Crippen molar-refractivity contribution in [1.29, 1.82) is 0 Å². The minimum absolute atomic E-state index is 0. The van der Waals surface area contributed by atoms with Crippen LogP contribution in [0.4, 0.5) is 11.5 Å². The minimum Gasteiger partial charge on any atom is -0.399 e.